The molecule has 0 aliphatic rings. The number of halogens is 1. The number of carbonyl (C=O) groups is 2. The van der Waals surface area contributed by atoms with Crippen molar-refractivity contribution in [2.24, 2.45) is 5.92 Å². The average Bonchev–Trinajstić information content (AvgIpc) is 2.41. The van der Waals surface area contributed by atoms with Crippen LogP contribution in [0.3, 0.4) is 0 Å². The largest absolute Gasteiger partial charge is 0.354 e. The van der Waals surface area contributed by atoms with Crippen molar-refractivity contribution in [1.29, 1.82) is 0 Å². The van der Waals surface area contributed by atoms with Crippen molar-refractivity contribution in [2.45, 2.75) is 58.8 Å². The van der Waals surface area contributed by atoms with Crippen LogP contribution in [0, 0.1) is 5.92 Å². The van der Waals surface area contributed by atoms with Gasteiger partial charge in [-0.25, -0.2) is 0 Å². The normalized spacial score (nSPS) is 10.6. The van der Waals surface area contributed by atoms with Gasteiger partial charge < -0.3 is 10.6 Å². The van der Waals surface area contributed by atoms with E-state index in [0.717, 1.165) is 19.3 Å². The second-order valence-corrected chi connectivity index (χ2v) is 6.56. The van der Waals surface area contributed by atoms with Crippen LogP contribution in [0.15, 0.2) is 0 Å². The third-order valence-electron chi connectivity index (χ3n) is 3.01. The maximum absolute atomic E-state index is 11.5. The number of amides is 2. The third-order valence-corrected chi connectivity index (χ3v) is 3.77. The molecule has 0 bridgehead atoms. The average molecular weight is 396 g/mol. The molecule has 0 rings (SSSR count). The monoisotopic (exact) mass is 396 g/mol. The van der Waals surface area contributed by atoms with Gasteiger partial charge in [0.2, 0.25) is 11.8 Å². The van der Waals surface area contributed by atoms with E-state index in [4.69, 9.17) is 0 Å². The predicted octanol–water partition coefficient (Wildman–Crippen LogP) is 3.04. The summed E-state index contributed by atoms with van der Waals surface area (Å²) in [4.78, 5) is 23.0. The van der Waals surface area contributed by atoms with E-state index in [2.05, 4.69) is 47.1 Å². The third kappa shape index (κ3) is 14.1. The van der Waals surface area contributed by atoms with E-state index in [1.807, 2.05) is 0 Å². The molecule has 0 saturated carbocycles. The van der Waals surface area contributed by atoms with Crippen molar-refractivity contribution in [2.75, 3.05) is 17.5 Å². The van der Waals surface area contributed by atoms with Crippen LogP contribution in [0.2, 0.25) is 0 Å². The summed E-state index contributed by atoms with van der Waals surface area (Å²) in [5.41, 5.74) is 0. The molecule has 0 saturated heterocycles. The lowest BCUT2D eigenvalue weighted by Crippen LogP contribution is -2.34. The van der Waals surface area contributed by atoms with Crippen LogP contribution in [-0.2, 0) is 9.59 Å². The summed E-state index contributed by atoms with van der Waals surface area (Å²) >= 11 is 2.38. The zero-order valence-corrected chi connectivity index (χ0v) is 15.0. The van der Waals surface area contributed by atoms with Crippen molar-refractivity contribution in [3.63, 3.8) is 0 Å². The van der Waals surface area contributed by atoms with Gasteiger partial charge in [0.25, 0.3) is 0 Å². The molecular formula is C15H29IN2O2. The molecule has 0 aromatic rings. The molecule has 2 amide bonds. The number of hydrogen-bond donors (Lipinski definition) is 2. The van der Waals surface area contributed by atoms with Crippen LogP contribution in [0.5, 0.6) is 0 Å². The van der Waals surface area contributed by atoms with Crippen molar-refractivity contribution in [3.05, 3.63) is 0 Å². The number of unbranched alkanes of at least 4 members (excludes halogenated alkanes) is 3. The minimum atomic E-state index is 0.0757. The minimum Gasteiger partial charge on any atom is -0.354 e. The highest BCUT2D eigenvalue weighted by molar-refractivity contribution is 14.1. The number of rotatable bonds is 12. The van der Waals surface area contributed by atoms with Gasteiger partial charge >= 0.3 is 0 Å². The number of hydrogen-bond acceptors (Lipinski definition) is 2. The lowest BCUT2D eigenvalue weighted by atomic mass is 10.1. The lowest BCUT2D eigenvalue weighted by molar-refractivity contribution is -0.123. The molecule has 0 aliphatic carbocycles. The molecule has 0 atom stereocenters. The summed E-state index contributed by atoms with van der Waals surface area (Å²) < 4.78 is 1.19. The molecule has 5 heteroatoms. The van der Waals surface area contributed by atoms with Crippen LogP contribution in [-0.4, -0.2) is 29.3 Å². The minimum absolute atomic E-state index is 0.0757. The zero-order valence-electron chi connectivity index (χ0n) is 12.8. The molecule has 0 unspecified atom stereocenters. The fourth-order valence-corrected chi connectivity index (χ4v) is 2.27. The first-order valence-electron chi connectivity index (χ1n) is 7.65. The van der Waals surface area contributed by atoms with Gasteiger partial charge in [-0.3, -0.25) is 9.59 Å². The summed E-state index contributed by atoms with van der Waals surface area (Å²) in [5.74, 6) is 0.718. The first-order chi connectivity index (χ1) is 9.56. The zero-order chi connectivity index (χ0) is 15.2. The Labute approximate surface area is 137 Å². The lowest BCUT2D eigenvalue weighted by Gasteiger charge is -2.08. The van der Waals surface area contributed by atoms with Gasteiger partial charge in [0.1, 0.15) is 0 Å². The Balaban J connectivity index is 3.36. The second kappa shape index (κ2) is 13.6. The molecule has 0 fully saturated rings. The molecule has 0 heterocycles. The fraction of sp³-hybridized carbons (Fsp3) is 0.867. The molecule has 0 aromatic carbocycles. The number of nitrogens with one attached hydrogen (secondary N) is 2. The molecule has 20 heavy (non-hydrogen) atoms. The van der Waals surface area contributed by atoms with E-state index in [1.54, 1.807) is 0 Å². The van der Waals surface area contributed by atoms with Gasteiger partial charge in [0.05, 0.1) is 0 Å². The van der Waals surface area contributed by atoms with E-state index in [-0.39, 0.29) is 11.8 Å². The topological polar surface area (TPSA) is 58.2 Å². The van der Waals surface area contributed by atoms with Crippen molar-refractivity contribution in [3.8, 4) is 0 Å². The summed E-state index contributed by atoms with van der Waals surface area (Å²) in [6.07, 6.45) is 6.62. The van der Waals surface area contributed by atoms with Crippen molar-refractivity contribution < 1.29 is 9.59 Å². The Morgan fingerprint density at radius 2 is 1.45 bits per heavy atom. The van der Waals surface area contributed by atoms with Gasteiger partial charge in [-0.05, 0) is 29.6 Å². The van der Waals surface area contributed by atoms with Crippen molar-refractivity contribution >= 4 is 34.4 Å². The number of alkyl halides is 1. The first-order valence-corrected chi connectivity index (χ1v) is 9.18. The van der Waals surface area contributed by atoms with E-state index in [9.17, 15) is 9.59 Å². The molecular weight excluding hydrogens is 367 g/mol. The number of carbonyl (C=O) groups excluding carboxylic acids is 2. The summed E-state index contributed by atoms with van der Waals surface area (Å²) in [5, 5.41) is 5.66. The van der Waals surface area contributed by atoms with E-state index < -0.39 is 0 Å². The van der Waals surface area contributed by atoms with Crippen LogP contribution in [0.4, 0.5) is 0 Å². The second-order valence-electron chi connectivity index (χ2n) is 5.49. The summed E-state index contributed by atoms with van der Waals surface area (Å²) in [7, 11) is 0. The van der Waals surface area contributed by atoms with Crippen LogP contribution in [0.1, 0.15) is 58.8 Å². The predicted molar refractivity (Wildman–Crippen MR) is 92.1 cm³/mol. The molecule has 4 nitrogen and oxygen atoms in total. The van der Waals surface area contributed by atoms with E-state index >= 15 is 0 Å². The molecule has 0 radical (unpaired) electrons. The Hall–Kier alpha value is -0.330. The van der Waals surface area contributed by atoms with Crippen LogP contribution >= 0.6 is 22.6 Å². The van der Waals surface area contributed by atoms with Crippen LogP contribution in [0.25, 0.3) is 0 Å². The molecule has 0 spiro atoms. The Morgan fingerprint density at radius 3 is 2.00 bits per heavy atom. The van der Waals surface area contributed by atoms with E-state index in [1.165, 1.54) is 17.3 Å². The molecule has 118 valence electrons. The van der Waals surface area contributed by atoms with Gasteiger partial charge in [0.15, 0.2) is 0 Å². The van der Waals surface area contributed by atoms with Crippen molar-refractivity contribution in [1.82, 2.24) is 10.6 Å². The quantitative estimate of drug-likeness (QED) is 0.303. The first kappa shape index (κ1) is 19.7. The summed E-state index contributed by atoms with van der Waals surface area (Å²) in [6, 6.07) is 0. The maximum atomic E-state index is 11.5. The van der Waals surface area contributed by atoms with Gasteiger partial charge in [0, 0.05) is 25.9 Å². The Kier molecular flexibility index (Phi) is 13.4. The van der Waals surface area contributed by atoms with Crippen LogP contribution < -0.4 is 10.6 Å². The van der Waals surface area contributed by atoms with E-state index in [0.29, 0.717) is 31.8 Å². The highest BCUT2D eigenvalue weighted by Gasteiger charge is 2.03. The SMILES string of the molecule is CC(C)CCC(=O)NCCNC(=O)CCCCCCI. The van der Waals surface area contributed by atoms with Gasteiger partial charge in [-0.1, -0.05) is 49.3 Å². The highest BCUT2D eigenvalue weighted by atomic mass is 127. The smallest absolute Gasteiger partial charge is 0.220 e. The highest BCUT2D eigenvalue weighted by Crippen LogP contribution is 2.04. The standard InChI is InChI=1S/C15H29IN2O2/c1-13(2)8-9-15(20)18-12-11-17-14(19)7-5-3-4-6-10-16/h13H,3-12H2,1-2H3,(H,17,19)(H,18,20). The molecule has 0 aliphatic heterocycles. The fourth-order valence-electron chi connectivity index (χ4n) is 1.73. The maximum Gasteiger partial charge on any atom is 0.220 e. The molecule has 0 aromatic heterocycles. The Morgan fingerprint density at radius 1 is 0.900 bits per heavy atom. The van der Waals surface area contributed by atoms with Gasteiger partial charge in [-0.2, -0.15) is 0 Å². The van der Waals surface area contributed by atoms with Gasteiger partial charge in [-0.15, -0.1) is 0 Å². The Bertz CT molecular complexity index is 271. The molecule has 2 N–H and O–H groups in total. The summed E-state index contributed by atoms with van der Waals surface area (Å²) in [6.45, 7) is 5.26.